The average Bonchev–Trinajstić information content (AvgIpc) is 2.14. The number of esters is 1. The van der Waals surface area contributed by atoms with Gasteiger partial charge >= 0.3 is 12.1 Å². The minimum absolute atomic E-state index is 0.160. The summed E-state index contributed by atoms with van der Waals surface area (Å²) in [5, 5.41) is 0.312. The smallest absolute Gasteiger partial charge is 0.429 e. The van der Waals surface area contributed by atoms with Crippen LogP contribution in [0.15, 0.2) is 24.3 Å². The monoisotopic (exact) mass is 252 g/mol. The first-order chi connectivity index (χ1) is 7.30. The maximum Gasteiger partial charge on any atom is 0.429 e. The van der Waals surface area contributed by atoms with Gasteiger partial charge in [-0.05, 0) is 12.1 Å². The summed E-state index contributed by atoms with van der Waals surface area (Å²) in [6.07, 6.45) is -6.89. The van der Waals surface area contributed by atoms with E-state index in [1.807, 2.05) is 0 Å². The van der Waals surface area contributed by atoms with Crippen molar-refractivity contribution >= 4 is 17.6 Å². The molecule has 0 spiro atoms. The van der Waals surface area contributed by atoms with Crippen molar-refractivity contribution < 1.29 is 22.7 Å². The second-order valence-corrected chi connectivity index (χ2v) is 3.52. The van der Waals surface area contributed by atoms with Crippen LogP contribution in [0.25, 0.3) is 0 Å². The molecule has 0 unspecified atom stereocenters. The summed E-state index contributed by atoms with van der Waals surface area (Å²) in [5.74, 6) is -0.989. The van der Waals surface area contributed by atoms with Gasteiger partial charge in [-0.25, -0.2) is 0 Å². The van der Waals surface area contributed by atoms with Crippen molar-refractivity contribution in [2.24, 2.45) is 0 Å². The maximum absolute atomic E-state index is 12.6. The van der Waals surface area contributed by atoms with Crippen molar-refractivity contribution in [1.29, 1.82) is 0 Å². The summed E-state index contributed by atoms with van der Waals surface area (Å²) in [4.78, 5) is 10.6. The van der Waals surface area contributed by atoms with E-state index in [2.05, 4.69) is 4.74 Å². The lowest BCUT2D eigenvalue weighted by Gasteiger charge is -2.20. The largest absolute Gasteiger partial charge is 0.448 e. The van der Waals surface area contributed by atoms with E-state index in [0.717, 1.165) is 6.92 Å². The minimum atomic E-state index is -4.64. The Kier molecular flexibility index (Phi) is 3.80. The van der Waals surface area contributed by atoms with Crippen LogP contribution in [0.3, 0.4) is 0 Å². The van der Waals surface area contributed by atoms with Crippen LogP contribution < -0.4 is 0 Å². The number of alkyl halides is 3. The summed E-state index contributed by atoms with van der Waals surface area (Å²) in [5.41, 5.74) is -0.160. The number of ether oxygens (including phenoxy) is 1. The van der Waals surface area contributed by atoms with Crippen LogP contribution in [0.2, 0.25) is 5.02 Å². The average molecular weight is 253 g/mol. The van der Waals surface area contributed by atoms with Gasteiger partial charge in [-0.2, -0.15) is 13.2 Å². The van der Waals surface area contributed by atoms with Crippen LogP contribution in [-0.2, 0) is 9.53 Å². The summed E-state index contributed by atoms with van der Waals surface area (Å²) in [7, 11) is 0. The molecule has 16 heavy (non-hydrogen) atoms. The first kappa shape index (κ1) is 12.8. The summed E-state index contributed by atoms with van der Waals surface area (Å²) >= 11 is 5.55. The van der Waals surface area contributed by atoms with Gasteiger partial charge in [-0.3, -0.25) is 4.79 Å². The first-order valence-corrected chi connectivity index (χ1v) is 4.68. The highest BCUT2D eigenvalue weighted by Crippen LogP contribution is 2.36. The van der Waals surface area contributed by atoms with Crippen molar-refractivity contribution in [2.75, 3.05) is 0 Å². The predicted molar refractivity (Wildman–Crippen MR) is 52.0 cm³/mol. The molecule has 0 bridgehead atoms. The Bertz CT molecular complexity index is 373. The second-order valence-electron chi connectivity index (χ2n) is 3.08. The summed E-state index contributed by atoms with van der Waals surface area (Å²) in [6.45, 7) is 0.925. The zero-order valence-electron chi connectivity index (χ0n) is 8.22. The minimum Gasteiger partial charge on any atom is -0.448 e. The maximum atomic E-state index is 12.6. The molecule has 0 aromatic heterocycles. The Morgan fingerprint density at radius 3 is 2.19 bits per heavy atom. The van der Waals surface area contributed by atoms with Crippen molar-refractivity contribution in [2.45, 2.75) is 19.2 Å². The van der Waals surface area contributed by atoms with Gasteiger partial charge in [0, 0.05) is 17.5 Å². The van der Waals surface area contributed by atoms with Gasteiger partial charge in [0.05, 0.1) is 0 Å². The van der Waals surface area contributed by atoms with E-state index in [1.165, 1.54) is 24.3 Å². The van der Waals surface area contributed by atoms with E-state index in [1.54, 1.807) is 0 Å². The third kappa shape index (κ3) is 3.41. The Morgan fingerprint density at radius 1 is 1.31 bits per heavy atom. The number of carbonyl (C=O) groups excluding carboxylic acids is 1. The standard InChI is InChI=1S/C10H8ClF3O2/c1-6(15)16-9(10(12,13)14)7-2-4-8(11)5-3-7/h2-5,9H,1H3/t9-/m0/s1. The van der Waals surface area contributed by atoms with Gasteiger partial charge in [-0.1, -0.05) is 23.7 Å². The van der Waals surface area contributed by atoms with Crippen molar-refractivity contribution in [1.82, 2.24) is 0 Å². The van der Waals surface area contributed by atoms with Gasteiger partial charge in [0.2, 0.25) is 6.10 Å². The van der Waals surface area contributed by atoms with Crippen molar-refractivity contribution in [3.8, 4) is 0 Å². The zero-order chi connectivity index (χ0) is 12.3. The molecule has 0 amide bonds. The van der Waals surface area contributed by atoms with Gasteiger partial charge in [0.25, 0.3) is 0 Å². The van der Waals surface area contributed by atoms with Crippen LogP contribution in [0.1, 0.15) is 18.6 Å². The SMILES string of the molecule is CC(=O)O[C@@H](c1ccc(Cl)cc1)C(F)(F)F. The topological polar surface area (TPSA) is 26.3 Å². The van der Waals surface area contributed by atoms with E-state index in [4.69, 9.17) is 11.6 Å². The number of hydrogen-bond donors (Lipinski definition) is 0. The van der Waals surface area contributed by atoms with E-state index in [-0.39, 0.29) is 5.56 Å². The molecule has 0 fully saturated rings. The fourth-order valence-electron chi connectivity index (χ4n) is 1.13. The molecule has 1 aromatic rings. The molecule has 1 rings (SSSR count). The molecular weight excluding hydrogens is 245 g/mol. The van der Waals surface area contributed by atoms with E-state index in [9.17, 15) is 18.0 Å². The molecule has 6 heteroatoms. The Hall–Kier alpha value is -1.23. The van der Waals surface area contributed by atoms with E-state index < -0.39 is 18.2 Å². The van der Waals surface area contributed by atoms with Crippen LogP contribution in [0.4, 0.5) is 13.2 Å². The normalized spacial score (nSPS) is 13.3. The van der Waals surface area contributed by atoms with Crippen LogP contribution in [0.5, 0.6) is 0 Å². The number of hydrogen-bond acceptors (Lipinski definition) is 2. The Balaban J connectivity index is 3.01. The summed E-state index contributed by atoms with van der Waals surface area (Å²) < 4.78 is 41.9. The third-order valence-electron chi connectivity index (χ3n) is 1.75. The second kappa shape index (κ2) is 4.74. The Labute approximate surface area is 95.0 Å². The van der Waals surface area contributed by atoms with Gasteiger partial charge in [0.15, 0.2) is 0 Å². The molecule has 1 aromatic carbocycles. The molecule has 0 aliphatic carbocycles. The highest BCUT2D eigenvalue weighted by Gasteiger charge is 2.43. The lowest BCUT2D eigenvalue weighted by molar-refractivity contribution is -0.222. The molecule has 0 saturated carbocycles. The molecule has 0 saturated heterocycles. The molecular formula is C10H8ClF3O2. The van der Waals surface area contributed by atoms with Crippen LogP contribution in [0, 0.1) is 0 Å². The molecule has 2 nitrogen and oxygen atoms in total. The van der Waals surface area contributed by atoms with Crippen molar-refractivity contribution in [3.05, 3.63) is 34.9 Å². The number of halogens is 4. The molecule has 0 N–H and O–H groups in total. The number of carbonyl (C=O) groups is 1. The fourth-order valence-corrected chi connectivity index (χ4v) is 1.25. The molecule has 0 radical (unpaired) electrons. The molecule has 0 aliphatic heterocycles. The van der Waals surface area contributed by atoms with E-state index in [0.29, 0.717) is 5.02 Å². The highest BCUT2D eigenvalue weighted by molar-refractivity contribution is 6.30. The molecule has 1 atom stereocenters. The highest BCUT2D eigenvalue weighted by atomic mass is 35.5. The van der Waals surface area contributed by atoms with Gasteiger partial charge < -0.3 is 4.74 Å². The third-order valence-corrected chi connectivity index (χ3v) is 2.01. The predicted octanol–water partition coefficient (Wildman–Crippen LogP) is 3.51. The quantitative estimate of drug-likeness (QED) is 0.753. The van der Waals surface area contributed by atoms with Gasteiger partial charge in [-0.15, -0.1) is 0 Å². The fraction of sp³-hybridized carbons (Fsp3) is 0.300. The van der Waals surface area contributed by atoms with Crippen LogP contribution >= 0.6 is 11.6 Å². The number of benzene rings is 1. The molecule has 88 valence electrons. The Morgan fingerprint density at radius 2 is 1.81 bits per heavy atom. The summed E-state index contributed by atoms with van der Waals surface area (Å²) in [6, 6.07) is 4.95. The zero-order valence-corrected chi connectivity index (χ0v) is 8.97. The van der Waals surface area contributed by atoms with Gasteiger partial charge in [0.1, 0.15) is 0 Å². The van der Waals surface area contributed by atoms with E-state index >= 15 is 0 Å². The number of rotatable bonds is 2. The lowest BCUT2D eigenvalue weighted by Crippen LogP contribution is -2.25. The molecule has 0 aliphatic rings. The lowest BCUT2D eigenvalue weighted by atomic mass is 10.1. The first-order valence-electron chi connectivity index (χ1n) is 4.30. The molecule has 0 heterocycles. The van der Waals surface area contributed by atoms with Crippen molar-refractivity contribution in [3.63, 3.8) is 0 Å². The van der Waals surface area contributed by atoms with Crippen LogP contribution in [-0.4, -0.2) is 12.1 Å².